The molecule has 3 N–H and O–H groups in total. The minimum atomic E-state index is -1.01. The maximum atomic E-state index is 10.1. The van der Waals surface area contributed by atoms with E-state index in [1.165, 1.54) is 0 Å². The molecule has 15 heavy (non-hydrogen) atoms. The monoisotopic (exact) mass is 229 g/mol. The first-order valence-electron chi connectivity index (χ1n) is 4.77. The molecule has 3 atom stereocenters. The lowest BCUT2D eigenvalue weighted by atomic mass is 9.84. The smallest absolute Gasteiger partial charge is 0.126 e. The Balaban J connectivity index is 0.00000112. The molecule has 4 heteroatoms. The van der Waals surface area contributed by atoms with Gasteiger partial charge in [0.15, 0.2) is 0 Å². The summed E-state index contributed by atoms with van der Waals surface area (Å²) in [5, 5.41) is 10.1. The fourth-order valence-electron chi connectivity index (χ4n) is 1.72. The predicted molar refractivity (Wildman–Crippen MR) is 61.3 cm³/mol. The van der Waals surface area contributed by atoms with E-state index in [4.69, 9.17) is 10.5 Å². The van der Waals surface area contributed by atoms with Crippen LogP contribution in [0.2, 0.25) is 0 Å². The number of hydrogen-bond acceptors (Lipinski definition) is 3. The number of para-hydroxylation sites is 1. The summed E-state index contributed by atoms with van der Waals surface area (Å²) in [5.74, 6) is 0.777. The molecule has 1 aliphatic rings. The summed E-state index contributed by atoms with van der Waals surface area (Å²) < 4.78 is 5.59. The van der Waals surface area contributed by atoms with E-state index in [0.717, 1.165) is 11.3 Å². The number of halogens is 1. The Bertz CT molecular complexity index is 354. The number of fused-ring (bicyclic) bond motifs is 1. The fraction of sp³-hybridized carbons (Fsp3) is 0.455. The zero-order valence-electron chi connectivity index (χ0n) is 8.81. The Morgan fingerprint density at radius 3 is 2.67 bits per heavy atom. The van der Waals surface area contributed by atoms with E-state index in [9.17, 15) is 5.11 Å². The van der Waals surface area contributed by atoms with E-state index in [-0.39, 0.29) is 24.6 Å². The average Bonchev–Trinajstić information content (AvgIpc) is 2.15. The standard InChI is InChI=1S/C11H15NO2.ClH/c1-7-11(2,13)10(12)8-5-3-4-6-9(8)14-7;/h3-7,10,13H,12H2,1-2H3;1H/t7-,10+,11?;/m1./s1. The molecule has 0 aliphatic carbocycles. The van der Waals surface area contributed by atoms with Crippen molar-refractivity contribution in [2.45, 2.75) is 31.6 Å². The van der Waals surface area contributed by atoms with Crippen molar-refractivity contribution in [1.82, 2.24) is 0 Å². The second kappa shape index (κ2) is 4.00. The largest absolute Gasteiger partial charge is 0.487 e. The lowest BCUT2D eigenvalue weighted by Gasteiger charge is -2.41. The molecular formula is C11H16ClNO2. The van der Waals surface area contributed by atoms with Gasteiger partial charge < -0.3 is 15.6 Å². The van der Waals surface area contributed by atoms with Crippen LogP contribution in [0.15, 0.2) is 24.3 Å². The van der Waals surface area contributed by atoms with Crippen molar-refractivity contribution >= 4 is 12.4 Å². The fourth-order valence-corrected chi connectivity index (χ4v) is 1.72. The van der Waals surface area contributed by atoms with Gasteiger partial charge in [-0.15, -0.1) is 12.4 Å². The molecule has 1 heterocycles. The van der Waals surface area contributed by atoms with Crippen LogP contribution in [0.1, 0.15) is 25.5 Å². The van der Waals surface area contributed by atoms with Crippen molar-refractivity contribution in [2.75, 3.05) is 0 Å². The number of benzene rings is 1. The maximum Gasteiger partial charge on any atom is 0.126 e. The van der Waals surface area contributed by atoms with Crippen molar-refractivity contribution in [3.63, 3.8) is 0 Å². The number of nitrogens with two attached hydrogens (primary N) is 1. The van der Waals surface area contributed by atoms with Crippen molar-refractivity contribution in [1.29, 1.82) is 0 Å². The Morgan fingerprint density at radius 2 is 2.00 bits per heavy atom. The second-order valence-electron chi connectivity index (χ2n) is 4.00. The van der Waals surface area contributed by atoms with Crippen molar-refractivity contribution < 1.29 is 9.84 Å². The third kappa shape index (κ3) is 1.83. The molecule has 1 aromatic carbocycles. The third-order valence-electron chi connectivity index (χ3n) is 3.01. The lowest BCUT2D eigenvalue weighted by Crippen LogP contribution is -2.52. The van der Waals surface area contributed by atoms with Gasteiger partial charge in [0.1, 0.15) is 17.5 Å². The molecule has 0 amide bonds. The van der Waals surface area contributed by atoms with Gasteiger partial charge in [-0.05, 0) is 19.9 Å². The highest BCUT2D eigenvalue weighted by Gasteiger charge is 2.42. The number of aliphatic hydroxyl groups is 1. The first-order valence-corrected chi connectivity index (χ1v) is 4.77. The molecular weight excluding hydrogens is 214 g/mol. The van der Waals surface area contributed by atoms with Crippen LogP contribution in [-0.2, 0) is 0 Å². The summed E-state index contributed by atoms with van der Waals surface area (Å²) in [4.78, 5) is 0. The summed E-state index contributed by atoms with van der Waals surface area (Å²) in [6.45, 7) is 3.54. The summed E-state index contributed by atoms with van der Waals surface area (Å²) in [5.41, 5.74) is 5.85. The molecule has 3 nitrogen and oxygen atoms in total. The molecule has 0 fully saturated rings. The van der Waals surface area contributed by atoms with Gasteiger partial charge in [-0.1, -0.05) is 18.2 Å². The van der Waals surface area contributed by atoms with Crippen LogP contribution in [0.3, 0.4) is 0 Å². The van der Waals surface area contributed by atoms with Crippen LogP contribution < -0.4 is 10.5 Å². The number of hydrogen-bond donors (Lipinski definition) is 2. The van der Waals surface area contributed by atoms with Crippen LogP contribution in [-0.4, -0.2) is 16.8 Å². The Morgan fingerprint density at radius 1 is 1.40 bits per heavy atom. The Hall–Kier alpha value is -0.770. The molecule has 0 radical (unpaired) electrons. The molecule has 0 aromatic heterocycles. The zero-order valence-corrected chi connectivity index (χ0v) is 9.62. The van der Waals surface area contributed by atoms with Crippen molar-refractivity contribution in [3.05, 3.63) is 29.8 Å². The quantitative estimate of drug-likeness (QED) is 0.711. The highest BCUT2D eigenvalue weighted by Crippen LogP contribution is 2.38. The van der Waals surface area contributed by atoms with Crippen molar-refractivity contribution in [2.24, 2.45) is 5.73 Å². The third-order valence-corrected chi connectivity index (χ3v) is 3.01. The molecule has 0 bridgehead atoms. The van der Waals surface area contributed by atoms with E-state index in [1.54, 1.807) is 6.92 Å². The maximum absolute atomic E-state index is 10.1. The van der Waals surface area contributed by atoms with Gasteiger partial charge in [-0.3, -0.25) is 0 Å². The van der Waals surface area contributed by atoms with Crippen molar-refractivity contribution in [3.8, 4) is 5.75 Å². The normalized spacial score (nSPS) is 33.6. The van der Waals surface area contributed by atoms with Gasteiger partial charge in [-0.2, -0.15) is 0 Å². The second-order valence-corrected chi connectivity index (χ2v) is 4.00. The van der Waals surface area contributed by atoms with Gasteiger partial charge in [0.2, 0.25) is 0 Å². The van der Waals surface area contributed by atoms with Gasteiger partial charge in [-0.25, -0.2) is 0 Å². The molecule has 84 valence electrons. The Kier molecular flexibility index (Phi) is 3.28. The minimum absolute atomic E-state index is 0. The molecule has 1 aliphatic heterocycles. The van der Waals surface area contributed by atoms with E-state index < -0.39 is 5.60 Å². The molecule has 0 saturated heterocycles. The highest BCUT2D eigenvalue weighted by atomic mass is 35.5. The van der Waals surface area contributed by atoms with Gasteiger partial charge >= 0.3 is 0 Å². The summed E-state index contributed by atoms with van der Waals surface area (Å²) >= 11 is 0. The van der Waals surface area contributed by atoms with Gasteiger partial charge in [0, 0.05) is 5.56 Å². The van der Waals surface area contributed by atoms with E-state index >= 15 is 0 Å². The first kappa shape index (κ1) is 12.3. The molecule has 1 unspecified atom stereocenters. The summed E-state index contributed by atoms with van der Waals surface area (Å²) in [7, 11) is 0. The average molecular weight is 230 g/mol. The van der Waals surface area contributed by atoms with Crippen LogP contribution in [0.25, 0.3) is 0 Å². The summed E-state index contributed by atoms with van der Waals surface area (Å²) in [6.07, 6.45) is -0.285. The van der Waals surface area contributed by atoms with Gasteiger partial charge in [0.25, 0.3) is 0 Å². The minimum Gasteiger partial charge on any atom is -0.487 e. The van der Waals surface area contributed by atoms with E-state index in [1.807, 2.05) is 31.2 Å². The Labute approximate surface area is 95.7 Å². The topological polar surface area (TPSA) is 55.5 Å². The lowest BCUT2D eigenvalue weighted by molar-refractivity contribution is -0.0722. The van der Waals surface area contributed by atoms with Crippen LogP contribution in [0, 0.1) is 0 Å². The first-order chi connectivity index (χ1) is 6.53. The SMILES string of the molecule is C[C@H]1Oc2ccccc2[C@H](N)C1(C)O.Cl. The highest BCUT2D eigenvalue weighted by molar-refractivity contribution is 5.85. The van der Waals surface area contributed by atoms with Gasteiger partial charge in [0.05, 0.1) is 6.04 Å². The molecule has 1 aromatic rings. The summed E-state index contributed by atoms with van der Waals surface area (Å²) in [6, 6.07) is 7.18. The van der Waals surface area contributed by atoms with E-state index in [2.05, 4.69) is 0 Å². The zero-order chi connectivity index (χ0) is 10.3. The number of rotatable bonds is 0. The molecule has 0 spiro atoms. The van der Waals surface area contributed by atoms with E-state index in [0.29, 0.717) is 0 Å². The molecule has 0 saturated carbocycles. The predicted octanol–water partition coefficient (Wildman–Crippen LogP) is 1.64. The molecule has 2 rings (SSSR count). The van der Waals surface area contributed by atoms with Crippen LogP contribution in [0.5, 0.6) is 5.75 Å². The van der Waals surface area contributed by atoms with Crippen LogP contribution >= 0.6 is 12.4 Å². The number of ether oxygens (including phenoxy) is 1. The van der Waals surface area contributed by atoms with Crippen LogP contribution in [0.4, 0.5) is 0 Å².